The third-order valence-electron chi connectivity index (χ3n) is 1.48. The fraction of sp³-hybridized carbons (Fsp3) is 0.778. The SMILES string of the molecule is C=CCC[SiH2]OCCCOCC. The molecule has 0 aromatic rings. The van der Waals surface area contributed by atoms with Crippen molar-refractivity contribution in [2.75, 3.05) is 19.8 Å². The van der Waals surface area contributed by atoms with Gasteiger partial charge in [0.15, 0.2) is 9.76 Å². The van der Waals surface area contributed by atoms with Gasteiger partial charge in [0.25, 0.3) is 0 Å². The molecule has 0 fully saturated rings. The Morgan fingerprint density at radius 1 is 1.42 bits per heavy atom. The molecule has 0 aliphatic carbocycles. The van der Waals surface area contributed by atoms with Crippen molar-refractivity contribution in [1.29, 1.82) is 0 Å². The fourth-order valence-electron chi connectivity index (χ4n) is 0.839. The molecule has 0 radical (unpaired) electrons. The van der Waals surface area contributed by atoms with E-state index < -0.39 is 0 Å². The molecule has 0 saturated carbocycles. The molecule has 0 N–H and O–H groups in total. The van der Waals surface area contributed by atoms with E-state index in [0.717, 1.165) is 32.7 Å². The topological polar surface area (TPSA) is 18.5 Å². The predicted molar refractivity (Wildman–Crippen MR) is 55.2 cm³/mol. The lowest BCUT2D eigenvalue weighted by molar-refractivity contribution is 0.131. The summed E-state index contributed by atoms with van der Waals surface area (Å²) in [5.74, 6) is 0. The summed E-state index contributed by atoms with van der Waals surface area (Å²) in [5, 5.41) is 0. The zero-order chi connectivity index (χ0) is 9.07. The Hall–Kier alpha value is -0.123. The summed E-state index contributed by atoms with van der Waals surface area (Å²) in [6.45, 7) is 8.21. The highest BCUT2D eigenvalue weighted by Gasteiger charge is 1.89. The summed E-state index contributed by atoms with van der Waals surface area (Å²) in [4.78, 5) is 0. The highest BCUT2D eigenvalue weighted by molar-refractivity contribution is 6.27. The first-order chi connectivity index (χ1) is 5.91. The van der Waals surface area contributed by atoms with Crippen LogP contribution in [0, 0.1) is 0 Å². The Bertz CT molecular complexity index is 96.5. The average Bonchev–Trinajstić information content (AvgIpc) is 2.10. The second kappa shape index (κ2) is 10.9. The Morgan fingerprint density at radius 3 is 2.92 bits per heavy atom. The largest absolute Gasteiger partial charge is 0.424 e. The van der Waals surface area contributed by atoms with Crippen molar-refractivity contribution >= 4 is 9.76 Å². The summed E-state index contributed by atoms with van der Waals surface area (Å²) in [6, 6.07) is 1.22. The van der Waals surface area contributed by atoms with Crippen molar-refractivity contribution in [2.24, 2.45) is 0 Å². The Kier molecular flexibility index (Phi) is 10.8. The van der Waals surface area contributed by atoms with Gasteiger partial charge >= 0.3 is 0 Å². The molecule has 2 nitrogen and oxygen atoms in total. The number of hydrogen-bond donors (Lipinski definition) is 0. The molecule has 0 bridgehead atoms. The third-order valence-corrected chi connectivity index (χ3v) is 2.75. The molecule has 3 heteroatoms. The average molecular weight is 188 g/mol. The highest BCUT2D eigenvalue weighted by atomic mass is 28.2. The summed E-state index contributed by atoms with van der Waals surface area (Å²) in [5.41, 5.74) is 0. The number of allylic oxidation sites excluding steroid dienone is 1. The quantitative estimate of drug-likeness (QED) is 0.310. The lowest BCUT2D eigenvalue weighted by Gasteiger charge is -2.02. The molecule has 72 valence electrons. The lowest BCUT2D eigenvalue weighted by atomic mass is 10.5. The van der Waals surface area contributed by atoms with Crippen molar-refractivity contribution in [3.8, 4) is 0 Å². The molecule has 0 heterocycles. The van der Waals surface area contributed by atoms with Crippen molar-refractivity contribution in [2.45, 2.75) is 25.8 Å². The molecule has 0 spiro atoms. The van der Waals surface area contributed by atoms with Crippen LogP contribution in [0.2, 0.25) is 6.04 Å². The minimum absolute atomic E-state index is 0.261. The van der Waals surface area contributed by atoms with Crippen LogP contribution < -0.4 is 0 Å². The molecule has 0 amide bonds. The molecule has 12 heavy (non-hydrogen) atoms. The second-order valence-corrected chi connectivity index (χ2v) is 4.12. The van der Waals surface area contributed by atoms with E-state index in [0.29, 0.717) is 0 Å². The predicted octanol–water partition coefficient (Wildman–Crippen LogP) is 1.51. The lowest BCUT2D eigenvalue weighted by Crippen LogP contribution is -2.03. The van der Waals surface area contributed by atoms with Gasteiger partial charge in [0.2, 0.25) is 0 Å². The van der Waals surface area contributed by atoms with Crippen LogP contribution >= 0.6 is 0 Å². The Balaban J connectivity index is 2.77. The molecule has 0 atom stereocenters. The van der Waals surface area contributed by atoms with E-state index in [2.05, 4.69) is 6.58 Å². The van der Waals surface area contributed by atoms with Crippen molar-refractivity contribution in [1.82, 2.24) is 0 Å². The first-order valence-electron chi connectivity index (χ1n) is 4.68. The van der Waals surface area contributed by atoms with Gasteiger partial charge in [-0.25, -0.2) is 0 Å². The van der Waals surface area contributed by atoms with Crippen LogP contribution in [0.3, 0.4) is 0 Å². The van der Waals surface area contributed by atoms with Crippen LogP contribution in [0.25, 0.3) is 0 Å². The first-order valence-corrected chi connectivity index (χ1v) is 6.26. The van der Waals surface area contributed by atoms with Crippen LogP contribution in [0.15, 0.2) is 12.7 Å². The molecule has 0 unspecified atom stereocenters. The molecule has 0 aliphatic rings. The number of hydrogen-bond acceptors (Lipinski definition) is 2. The number of rotatable bonds is 9. The Morgan fingerprint density at radius 2 is 2.25 bits per heavy atom. The van der Waals surface area contributed by atoms with Gasteiger partial charge in [0.1, 0.15) is 0 Å². The van der Waals surface area contributed by atoms with Gasteiger partial charge in [0, 0.05) is 19.8 Å². The van der Waals surface area contributed by atoms with Crippen molar-refractivity contribution in [3.63, 3.8) is 0 Å². The molecule has 0 rings (SSSR count). The molecule has 0 saturated heterocycles. The van der Waals surface area contributed by atoms with Crippen LogP contribution in [0.4, 0.5) is 0 Å². The molecule has 0 aromatic carbocycles. The van der Waals surface area contributed by atoms with Crippen LogP contribution in [0.1, 0.15) is 19.8 Å². The first kappa shape index (κ1) is 11.9. The van der Waals surface area contributed by atoms with E-state index in [1.54, 1.807) is 0 Å². The highest BCUT2D eigenvalue weighted by Crippen LogP contribution is 1.91. The molecule has 0 aliphatic heterocycles. The van der Waals surface area contributed by atoms with Gasteiger partial charge < -0.3 is 9.16 Å². The standard InChI is InChI=1S/C9H20O2Si/c1-3-5-9-12-11-8-6-7-10-4-2/h3H,1,4-9,12H2,2H3. The summed E-state index contributed by atoms with van der Waals surface area (Å²) >= 11 is 0. The Labute approximate surface area is 77.9 Å². The summed E-state index contributed by atoms with van der Waals surface area (Å²) in [6.07, 6.45) is 4.10. The number of ether oxygens (including phenoxy) is 1. The van der Waals surface area contributed by atoms with Crippen LogP contribution in [-0.2, 0) is 9.16 Å². The maximum Gasteiger partial charge on any atom is 0.161 e. The fourth-order valence-corrected chi connectivity index (χ4v) is 1.91. The monoisotopic (exact) mass is 188 g/mol. The minimum atomic E-state index is -0.261. The minimum Gasteiger partial charge on any atom is -0.424 e. The van der Waals surface area contributed by atoms with Crippen LogP contribution in [0.5, 0.6) is 0 Å². The van der Waals surface area contributed by atoms with Crippen LogP contribution in [-0.4, -0.2) is 29.6 Å². The van der Waals surface area contributed by atoms with Gasteiger partial charge in [-0.15, -0.1) is 6.58 Å². The molecular formula is C9H20O2Si. The third kappa shape index (κ3) is 9.88. The van der Waals surface area contributed by atoms with Gasteiger partial charge in [-0.1, -0.05) is 6.08 Å². The van der Waals surface area contributed by atoms with Gasteiger partial charge in [0.05, 0.1) is 0 Å². The summed E-state index contributed by atoms with van der Waals surface area (Å²) < 4.78 is 10.7. The van der Waals surface area contributed by atoms with E-state index >= 15 is 0 Å². The van der Waals surface area contributed by atoms with Crippen molar-refractivity contribution in [3.05, 3.63) is 12.7 Å². The van der Waals surface area contributed by atoms with Gasteiger partial charge in [-0.05, 0) is 25.8 Å². The van der Waals surface area contributed by atoms with Crippen molar-refractivity contribution < 1.29 is 9.16 Å². The van der Waals surface area contributed by atoms with E-state index in [1.807, 2.05) is 13.0 Å². The maximum atomic E-state index is 5.49. The zero-order valence-electron chi connectivity index (χ0n) is 8.05. The second-order valence-electron chi connectivity index (χ2n) is 2.59. The summed E-state index contributed by atoms with van der Waals surface area (Å²) in [7, 11) is -0.261. The maximum absolute atomic E-state index is 5.49. The van der Waals surface area contributed by atoms with E-state index in [4.69, 9.17) is 9.16 Å². The van der Waals surface area contributed by atoms with E-state index in [9.17, 15) is 0 Å². The normalized spacial score (nSPS) is 11.1. The van der Waals surface area contributed by atoms with E-state index in [-0.39, 0.29) is 9.76 Å². The van der Waals surface area contributed by atoms with Gasteiger partial charge in [-0.2, -0.15) is 0 Å². The smallest absolute Gasteiger partial charge is 0.161 e. The molecule has 0 aromatic heterocycles. The zero-order valence-corrected chi connectivity index (χ0v) is 9.46. The van der Waals surface area contributed by atoms with Gasteiger partial charge in [-0.3, -0.25) is 0 Å². The van der Waals surface area contributed by atoms with E-state index in [1.165, 1.54) is 6.04 Å². The molecular weight excluding hydrogens is 168 g/mol.